The average Bonchev–Trinajstić information content (AvgIpc) is 3.08. The van der Waals surface area contributed by atoms with Crippen LogP contribution in [0.5, 0.6) is 0 Å². The number of nitrogens with zero attached hydrogens (tertiary/aromatic N) is 6. The lowest BCUT2D eigenvalue weighted by Crippen LogP contribution is -2.44. The zero-order valence-electron chi connectivity index (χ0n) is 18.0. The van der Waals surface area contributed by atoms with Gasteiger partial charge in [0.2, 0.25) is 11.9 Å². The molecular formula is C22H26N8O2. The molecule has 32 heavy (non-hydrogen) atoms. The number of hydrogen-bond acceptors (Lipinski definition) is 7. The summed E-state index contributed by atoms with van der Waals surface area (Å²) in [5.74, 6) is 0.597. The molecule has 0 bridgehead atoms. The number of imidazole rings is 1. The van der Waals surface area contributed by atoms with E-state index in [1.54, 1.807) is 6.20 Å². The molecule has 2 aromatic heterocycles. The molecule has 1 saturated heterocycles. The SMILES string of the molecule is CCn1c(N2CCCC(N)C2)nc2cnn(CC3=Nc4ccccc4NC(=O)C3)c(=O)c21. The molecule has 2 aliphatic rings. The first kappa shape index (κ1) is 20.4. The van der Waals surface area contributed by atoms with E-state index >= 15 is 0 Å². The molecule has 3 aromatic rings. The largest absolute Gasteiger partial charge is 0.341 e. The number of rotatable bonds is 4. The van der Waals surface area contributed by atoms with Crippen LogP contribution in [-0.2, 0) is 17.9 Å². The molecule has 4 heterocycles. The molecule has 1 fully saturated rings. The lowest BCUT2D eigenvalue weighted by molar-refractivity contribution is -0.115. The predicted octanol–water partition coefficient (Wildman–Crippen LogP) is 1.66. The van der Waals surface area contributed by atoms with Gasteiger partial charge in [0.05, 0.1) is 30.5 Å². The fraction of sp³-hybridized carbons (Fsp3) is 0.409. The highest BCUT2D eigenvalue weighted by Crippen LogP contribution is 2.27. The second-order valence-electron chi connectivity index (χ2n) is 8.27. The van der Waals surface area contributed by atoms with Gasteiger partial charge in [0.15, 0.2) is 0 Å². The van der Waals surface area contributed by atoms with Crippen molar-refractivity contribution in [3.05, 3.63) is 40.8 Å². The Bertz CT molecular complexity index is 1270. The molecule has 0 saturated carbocycles. The fourth-order valence-electron chi connectivity index (χ4n) is 4.45. The van der Waals surface area contributed by atoms with Crippen molar-refractivity contribution in [3.8, 4) is 0 Å². The number of aryl methyl sites for hydroxylation is 1. The molecule has 166 valence electrons. The molecule has 2 aliphatic heterocycles. The average molecular weight is 435 g/mol. The lowest BCUT2D eigenvalue weighted by Gasteiger charge is -2.31. The molecule has 1 aromatic carbocycles. The first-order valence-electron chi connectivity index (χ1n) is 11.0. The highest BCUT2D eigenvalue weighted by molar-refractivity contribution is 6.10. The van der Waals surface area contributed by atoms with Crippen molar-refractivity contribution in [1.29, 1.82) is 0 Å². The number of piperidine rings is 1. The number of fused-ring (bicyclic) bond motifs is 2. The third-order valence-corrected chi connectivity index (χ3v) is 5.94. The van der Waals surface area contributed by atoms with Crippen LogP contribution in [0.25, 0.3) is 11.0 Å². The number of carbonyl (C=O) groups excluding carboxylic acids is 1. The highest BCUT2D eigenvalue weighted by atomic mass is 16.1. The van der Waals surface area contributed by atoms with Gasteiger partial charge in [-0.15, -0.1) is 0 Å². The van der Waals surface area contributed by atoms with Crippen LogP contribution < -0.4 is 21.5 Å². The molecule has 1 atom stereocenters. The van der Waals surface area contributed by atoms with Crippen molar-refractivity contribution >= 4 is 40.0 Å². The maximum atomic E-state index is 13.4. The van der Waals surface area contributed by atoms with Crippen LogP contribution in [0.4, 0.5) is 17.3 Å². The fourth-order valence-corrected chi connectivity index (χ4v) is 4.45. The molecule has 1 amide bonds. The Kier molecular flexibility index (Phi) is 5.22. The van der Waals surface area contributed by atoms with E-state index in [4.69, 9.17) is 10.7 Å². The first-order valence-corrected chi connectivity index (χ1v) is 11.0. The molecule has 0 spiro atoms. The summed E-state index contributed by atoms with van der Waals surface area (Å²) < 4.78 is 3.30. The number of para-hydroxylation sites is 2. The van der Waals surface area contributed by atoms with Crippen LogP contribution in [0.2, 0.25) is 0 Å². The third-order valence-electron chi connectivity index (χ3n) is 5.94. The summed E-state index contributed by atoms with van der Waals surface area (Å²) in [6.45, 7) is 4.32. The summed E-state index contributed by atoms with van der Waals surface area (Å²) >= 11 is 0. The number of aliphatic imine (C=N–C) groups is 1. The van der Waals surface area contributed by atoms with Crippen LogP contribution in [0.15, 0.2) is 40.2 Å². The van der Waals surface area contributed by atoms with Gasteiger partial charge in [-0.1, -0.05) is 12.1 Å². The highest BCUT2D eigenvalue weighted by Gasteiger charge is 2.24. The number of amides is 1. The van der Waals surface area contributed by atoms with Gasteiger partial charge in [0.1, 0.15) is 11.0 Å². The van der Waals surface area contributed by atoms with E-state index in [9.17, 15) is 9.59 Å². The van der Waals surface area contributed by atoms with E-state index in [-0.39, 0.29) is 30.5 Å². The van der Waals surface area contributed by atoms with E-state index in [1.807, 2.05) is 35.8 Å². The zero-order valence-corrected chi connectivity index (χ0v) is 18.0. The monoisotopic (exact) mass is 434 g/mol. The normalized spacial score (nSPS) is 18.8. The molecule has 5 rings (SSSR count). The van der Waals surface area contributed by atoms with Crippen molar-refractivity contribution in [3.63, 3.8) is 0 Å². The summed E-state index contributed by atoms with van der Waals surface area (Å²) in [7, 11) is 0. The van der Waals surface area contributed by atoms with Crippen molar-refractivity contribution in [2.24, 2.45) is 10.7 Å². The second kappa shape index (κ2) is 8.19. The van der Waals surface area contributed by atoms with Gasteiger partial charge in [-0.05, 0) is 31.9 Å². The Labute approximate surface area is 184 Å². The minimum Gasteiger partial charge on any atom is -0.341 e. The number of hydrogen-bond donors (Lipinski definition) is 2. The molecule has 10 heteroatoms. The van der Waals surface area contributed by atoms with Crippen LogP contribution in [-0.4, -0.2) is 50.1 Å². The van der Waals surface area contributed by atoms with Gasteiger partial charge in [0.25, 0.3) is 5.56 Å². The number of nitrogens with two attached hydrogens (primary N) is 1. The molecule has 1 unspecified atom stereocenters. The minimum atomic E-state index is -0.245. The summed E-state index contributed by atoms with van der Waals surface area (Å²) in [5, 5.41) is 7.19. The Hall–Kier alpha value is -3.53. The van der Waals surface area contributed by atoms with Gasteiger partial charge >= 0.3 is 0 Å². The van der Waals surface area contributed by atoms with Crippen LogP contribution in [0, 0.1) is 0 Å². The van der Waals surface area contributed by atoms with Crippen molar-refractivity contribution in [1.82, 2.24) is 19.3 Å². The maximum absolute atomic E-state index is 13.4. The van der Waals surface area contributed by atoms with Crippen LogP contribution >= 0.6 is 0 Å². The van der Waals surface area contributed by atoms with E-state index < -0.39 is 0 Å². The van der Waals surface area contributed by atoms with Gasteiger partial charge < -0.3 is 20.5 Å². The lowest BCUT2D eigenvalue weighted by atomic mass is 10.1. The van der Waals surface area contributed by atoms with Gasteiger partial charge in [0, 0.05) is 31.4 Å². The predicted molar refractivity (Wildman–Crippen MR) is 124 cm³/mol. The summed E-state index contributed by atoms with van der Waals surface area (Å²) in [6.07, 6.45) is 3.71. The molecule has 0 radical (unpaired) electrons. The Morgan fingerprint density at radius 3 is 2.91 bits per heavy atom. The number of nitrogens with one attached hydrogen (secondary N) is 1. The topological polar surface area (TPSA) is 123 Å². The van der Waals surface area contributed by atoms with Crippen LogP contribution in [0.3, 0.4) is 0 Å². The number of anilines is 2. The Morgan fingerprint density at radius 1 is 1.25 bits per heavy atom. The van der Waals surface area contributed by atoms with E-state index in [2.05, 4.69) is 20.3 Å². The second-order valence-corrected chi connectivity index (χ2v) is 8.27. The van der Waals surface area contributed by atoms with Crippen molar-refractivity contribution in [2.45, 2.75) is 45.3 Å². The standard InChI is InChI=1S/C22H26N8O2/c1-2-29-20-18(27-22(29)28-9-5-6-14(23)12-28)11-24-30(21(20)32)13-15-10-19(31)26-17-8-4-3-7-16(17)25-15/h3-4,7-8,11,14H,2,5-6,9-10,12-13,23H2,1H3,(H,26,31). The maximum Gasteiger partial charge on any atom is 0.293 e. The van der Waals surface area contributed by atoms with Gasteiger partial charge in [-0.25, -0.2) is 9.67 Å². The van der Waals surface area contributed by atoms with Crippen molar-refractivity contribution < 1.29 is 4.79 Å². The third kappa shape index (κ3) is 3.66. The smallest absolute Gasteiger partial charge is 0.293 e. The van der Waals surface area contributed by atoms with E-state index in [0.29, 0.717) is 34.7 Å². The summed E-state index contributed by atoms with van der Waals surface area (Å²) in [6, 6.07) is 7.46. The molecule has 0 aliphatic carbocycles. The van der Waals surface area contributed by atoms with Gasteiger partial charge in [-0.3, -0.25) is 14.6 Å². The number of benzene rings is 1. The summed E-state index contributed by atoms with van der Waals surface area (Å²) in [4.78, 5) is 37.2. The van der Waals surface area contributed by atoms with Crippen LogP contribution in [0.1, 0.15) is 26.2 Å². The zero-order chi connectivity index (χ0) is 22.2. The number of aromatic nitrogens is 4. The van der Waals surface area contributed by atoms with Gasteiger partial charge in [-0.2, -0.15) is 5.10 Å². The van der Waals surface area contributed by atoms with Crippen molar-refractivity contribution in [2.75, 3.05) is 23.3 Å². The van der Waals surface area contributed by atoms with E-state index in [1.165, 1.54) is 4.68 Å². The minimum absolute atomic E-state index is 0.102. The molecule has 10 nitrogen and oxygen atoms in total. The Balaban J connectivity index is 1.53. The number of carbonyl (C=O) groups is 1. The first-order chi connectivity index (χ1) is 15.5. The molecular weight excluding hydrogens is 408 g/mol. The van der Waals surface area contributed by atoms with E-state index in [0.717, 1.165) is 31.9 Å². The summed E-state index contributed by atoms with van der Waals surface area (Å²) in [5.41, 5.74) is 8.90. The quantitative estimate of drug-likeness (QED) is 0.644. The molecule has 3 N–H and O–H groups in total. The Morgan fingerprint density at radius 2 is 2.09 bits per heavy atom.